The van der Waals surface area contributed by atoms with Crippen LogP contribution in [-0.4, -0.2) is 0 Å². The fourth-order valence-electron chi connectivity index (χ4n) is 1.29. The van der Waals surface area contributed by atoms with Crippen LogP contribution in [0.3, 0.4) is 0 Å². The summed E-state index contributed by atoms with van der Waals surface area (Å²) in [5.74, 6) is 0. The molecular weight excluding hydrogens is 295 g/mol. The SMILES string of the molecule is CC(/C=C\C=CI)=C\c1ccccc1C. The number of aryl methyl sites for hydroxylation is 1. The Bertz CT molecular complexity index is 398. The van der Waals surface area contributed by atoms with Gasteiger partial charge in [-0.25, -0.2) is 0 Å². The first-order valence-electron chi connectivity index (χ1n) is 4.91. The van der Waals surface area contributed by atoms with Crippen LogP contribution in [0.1, 0.15) is 18.1 Å². The Kier molecular flexibility index (Phi) is 5.40. The van der Waals surface area contributed by atoms with Crippen molar-refractivity contribution in [2.45, 2.75) is 13.8 Å². The summed E-state index contributed by atoms with van der Waals surface area (Å²) in [5, 5.41) is 0. The van der Waals surface area contributed by atoms with E-state index in [1.165, 1.54) is 16.7 Å². The van der Waals surface area contributed by atoms with Gasteiger partial charge in [-0.3, -0.25) is 0 Å². The zero-order chi connectivity index (χ0) is 11.1. The summed E-state index contributed by atoms with van der Waals surface area (Å²) in [4.78, 5) is 0. The molecule has 1 heteroatoms. The molecule has 0 saturated carbocycles. The molecule has 0 fully saturated rings. The molecule has 0 saturated heterocycles. The molecule has 0 N–H and O–H groups in total. The van der Waals surface area contributed by atoms with Crippen LogP contribution in [0.15, 0.2) is 52.1 Å². The van der Waals surface area contributed by atoms with Crippen LogP contribution in [0.5, 0.6) is 0 Å². The Morgan fingerprint density at radius 3 is 2.60 bits per heavy atom. The minimum atomic E-state index is 1.26. The monoisotopic (exact) mass is 310 g/mol. The van der Waals surface area contributed by atoms with E-state index in [0.29, 0.717) is 0 Å². The highest BCUT2D eigenvalue weighted by molar-refractivity contribution is 14.1. The first-order chi connectivity index (χ1) is 7.24. The van der Waals surface area contributed by atoms with Crippen molar-refractivity contribution in [2.24, 2.45) is 0 Å². The van der Waals surface area contributed by atoms with Gasteiger partial charge in [0.1, 0.15) is 0 Å². The first-order valence-corrected chi connectivity index (χ1v) is 6.16. The predicted molar refractivity (Wildman–Crippen MR) is 77.1 cm³/mol. The molecule has 0 atom stereocenters. The third-order valence-electron chi connectivity index (χ3n) is 2.11. The van der Waals surface area contributed by atoms with Gasteiger partial charge in [-0.15, -0.1) is 0 Å². The Morgan fingerprint density at radius 1 is 1.20 bits per heavy atom. The molecule has 0 aliphatic carbocycles. The highest BCUT2D eigenvalue weighted by atomic mass is 127. The lowest BCUT2D eigenvalue weighted by molar-refractivity contribution is 1.43. The van der Waals surface area contributed by atoms with Gasteiger partial charge < -0.3 is 0 Å². The second-order valence-corrected chi connectivity index (χ2v) is 4.14. The van der Waals surface area contributed by atoms with Gasteiger partial charge >= 0.3 is 0 Å². The zero-order valence-corrected chi connectivity index (χ0v) is 11.2. The van der Waals surface area contributed by atoms with E-state index in [1.807, 2.05) is 10.2 Å². The average Bonchev–Trinajstić information content (AvgIpc) is 2.22. The minimum absolute atomic E-state index is 1.26. The molecule has 1 rings (SSSR count). The van der Waals surface area contributed by atoms with E-state index in [4.69, 9.17) is 0 Å². The number of halogens is 1. The molecular formula is C14H15I. The summed E-state index contributed by atoms with van der Waals surface area (Å²) in [6, 6.07) is 8.41. The van der Waals surface area contributed by atoms with Crippen LogP contribution < -0.4 is 0 Å². The van der Waals surface area contributed by atoms with Crippen molar-refractivity contribution in [3.63, 3.8) is 0 Å². The molecule has 0 aliphatic rings. The maximum atomic E-state index is 2.21. The van der Waals surface area contributed by atoms with Crippen molar-refractivity contribution in [1.82, 2.24) is 0 Å². The highest BCUT2D eigenvalue weighted by Gasteiger charge is 1.91. The zero-order valence-electron chi connectivity index (χ0n) is 9.07. The van der Waals surface area contributed by atoms with Crippen molar-refractivity contribution in [3.8, 4) is 0 Å². The summed E-state index contributed by atoms with van der Waals surface area (Å²) >= 11 is 2.21. The second kappa shape index (κ2) is 6.62. The van der Waals surface area contributed by atoms with Crippen LogP contribution in [0.25, 0.3) is 6.08 Å². The molecule has 1 aromatic rings. The number of rotatable bonds is 3. The Hall–Kier alpha value is -0.830. The van der Waals surface area contributed by atoms with Gasteiger partial charge in [-0.1, -0.05) is 76.7 Å². The fraction of sp³-hybridized carbons (Fsp3) is 0.143. The third kappa shape index (κ3) is 4.47. The third-order valence-corrected chi connectivity index (χ3v) is 2.53. The van der Waals surface area contributed by atoms with E-state index in [-0.39, 0.29) is 0 Å². The molecule has 0 unspecified atom stereocenters. The van der Waals surface area contributed by atoms with Gasteiger partial charge in [0.2, 0.25) is 0 Å². The Morgan fingerprint density at radius 2 is 1.93 bits per heavy atom. The highest BCUT2D eigenvalue weighted by Crippen LogP contribution is 2.12. The number of allylic oxidation sites excluding steroid dienone is 4. The smallest absolute Gasteiger partial charge is 0.0225 e. The molecule has 78 valence electrons. The molecule has 0 nitrogen and oxygen atoms in total. The fourth-order valence-corrected chi connectivity index (χ4v) is 1.53. The van der Waals surface area contributed by atoms with Crippen molar-refractivity contribution < 1.29 is 0 Å². The van der Waals surface area contributed by atoms with E-state index >= 15 is 0 Å². The van der Waals surface area contributed by atoms with Crippen LogP contribution in [0.2, 0.25) is 0 Å². The lowest BCUT2D eigenvalue weighted by Crippen LogP contribution is -1.79. The van der Waals surface area contributed by atoms with Gasteiger partial charge in [-0.2, -0.15) is 0 Å². The van der Waals surface area contributed by atoms with E-state index in [1.54, 1.807) is 0 Å². The maximum absolute atomic E-state index is 2.21. The standard InChI is InChI=1S/C14H15I/c1-12(7-5-6-10-15)11-14-9-4-3-8-13(14)2/h3-11H,1-2H3/b7-5-,10-6?,12-11+. The molecule has 1 aromatic carbocycles. The van der Waals surface area contributed by atoms with Gasteiger partial charge in [-0.05, 0) is 29.1 Å². The van der Waals surface area contributed by atoms with Crippen molar-refractivity contribution >= 4 is 28.7 Å². The van der Waals surface area contributed by atoms with Gasteiger partial charge in [0, 0.05) is 0 Å². The first kappa shape index (κ1) is 12.2. The summed E-state index contributed by atoms with van der Waals surface area (Å²) in [5.41, 5.74) is 3.87. The van der Waals surface area contributed by atoms with Crippen LogP contribution in [0.4, 0.5) is 0 Å². The summed E-state index contributed by atoms with van der Waals surface area (Å²) in [7, 11) is 0. The minimum Gasteiger partial charge on any atom is -0.0620 e. The van der Waals surface area contributed by atoms with Crippen molar-refractivity contribution in [2.75, 3.05) is 0 Å². The second-order valence-electron chi connectivity index (χ2n) is 3.42. The van der Waals surface area contributed by atoms with E-state index in [9.17, 15) is 0 Å². The molecule has 0 aromatic heterocycles. The number of hydrogen-bond donors (Lipinski definition) is 0. The van der Waals surface area contributed by atoms with Crippen LogP contribution in [0, 0.1) is 6.92 Å². The molecule has 0 aliphatic heterocycles. The summed E-state index contributed by atoms with van der Waals surface area (Å²) in [6.45, 7) is 4.25. The molecule has 0 heterocycles. The Balaban J connectivity index is 2.83. The lowest BCUT2D eigenvalue weighted by Gasteiger charge is -1.99. The van der Waals surface area contributed by atoms with Crippen molar-refractivity contribution in [1.29, 1.82) is 0 Å². The number of hydrogen-bond acceptors (Lipinski definition) is 0. The molecule has 0 radical (unpaired) electrons. The summed E-state index contributed by atoms with van der Waals surface area (Å²) < 4.78 is 2.00. The molecule has 0 amide bonds. The average molecular weight is 310 g/mol. The molecule has 15 heavy (non-hydrogen) atoms. The van der Waals surface area contributed by atoms with Gasteiger partial charge in [0.15, 0.2) is 0 Å². The maximum Gasteiger partial charge on any atom is -0.0225 e. The predicted octanol–water partition coefficient (Wildman–Crippen LogP) is 4.90. The lowest BCUT2D eigenvalue weighted by atomic mass is 10.1. The van der Waals surface area contributed by atoms with Crippen LogP contribution in [-0.2, 0) is 0 Å². The van der Waals surface area contributed by atoms with E-state index < -0.39 is 0 Å². The van der Waals surface area contributed by atoms with Crippen LogP contribution >= 0.6 is 22.6 Å². The van der Waals surface area contributed by atoms with Gasteiger partial charge in [0.25, 0.3) is 0 Å². The molecule has 0 spiro atoms. The number of benzene rings is 1. The van der Waals surface area contributed by atoms with E-state index in [0.717, 1.165) is 0 Å². The van der Waals surface area contributed by atoms with E-state index in [2.05, 4.69) is 78.9 Å². The van der Waals surface area contributed by atoms with Gasteiger partial charge in [0.05, 0.1) is 0 Å². The largest absolute Gasteiger partial charge is 0.0620 e. The summed E-state index contributed by atoms with van der Waals surface area (Å²) in [6.07, 6.45) is 8.39. The quantitative estimate of drug-likeness (QED) is 0.550. The normalized spacial score (nSPS) is 12.9. The Labute approximate surface area is 106 Å². The topological polar surface area (TPSA) is 0 Å². The molecule has 0 bridgehead atoms. The van der Waals surface area contributed by atoms with Crippen molar-refractivity contribution in [3.05, 3.63) is 63.3 Å².